The summed E-state index contributed by atoms with van der Waals surface area (Å²) in [5.74, 6) is 0.530. The molecule has 1 aliphatic rings. The molecule has 0 radical (unpaired) electrons. The van der Waals surface area contributed by atoms with Crippen molar-refractivity contribution in [3.63, 3.8) is 0 Å². The Morgan fingerprint density at radius 2 is 1.61 bits per heavy atom. The number of imide groups is 1. The van der Waals surface area contributed by atoms with Crippen LogP contribution >= 0.6 is 35.0 Å². The third kappa shape index (κ3) is 5.83. The highest BCUT2D eigenvalue weighted by Gasteiger charge is 2.35. The second-order valence-corrected chi connectivity index (χ2v) is 10.5. The molecule has 5 nitrogen and oxygen atoms in total. The van der Waals surface area contributed by atoms with Gasteiger partial charge in [-0.3, -0.25) is 14.5 Å². The van der Waals surface area contributed by atoms with Crippen LogP contribution in [0.2, 0.25) is 10.0 Å². The first-order chi connectivity index (χ1) is 18.4. The molecule has 1 saturated heterocycles. The van der Waals surface area contributed by atoms with Crippen molar-refractivity contribution in [2.24, 2.45) is 0 Å². The molecule has 38 heavy (non-hydrogen) atoms. The SMILES string of the molecule is CCOc1cc(/C=C2\SC(=O)N(Cc3ccc(Cl)cc3)C2=O)cc(Cl)c1OCc1ccc2ccccc2c1. The summed E-state index contributed by atoms with van der Waals surface area (Å²) in [4.78, 5) is 27.1. The minimum Gasteiger partial charge on any atom is -0.490 e. The lowest BCUT2D eigenvalue weighted by atomic mass is 10.1. The molecular formula is C30H23Cl2NO4S. The Kier molecular flexibility index (Phi) is 7.93. The van der Waals surface area contributed by atoms with Crippen molar-refractivity contribution in [2.45, 2.75) is 20.1 Å². The second-order valence-electron chi connectivity index (χ2n) is 8.63. The van der Waals surface area contributed by atoms with Gasteiger partial charge in [0, 0.05) is 5.02 Å². The van der Waals surface area contributed by atoms with Crippen LogP contribution in [0.25, 0.3) is 16.8 Å². The maximum Gasteiger partial charge on any atom is 0.293 e. The van der Waals surface area contributed by atoms with Gasteiger partial charge in [-0.25, -0.2) is 0 Å². The van der Waals surface area contributed by atoms with Crippen molar-refractivity contribution in [2.75, 3.05) is 6.61 Å². The van der Waals surface area contributed by atoms with Crippen molar-refractivity contribution in [1.82, 2.24) is 4.90 Å². The van der Waals surface area contributed by atoms with Gasteiger partial charge in [-0.05, 0) is 82.6 Å². The van der Waals surface area contributed by atoms with Crippen molar-refractivity contribution in [3.8, 4) is 11.5 Å². The zero-order valence-electron chi connectivity index (χ0n) is 20.4. The Balaban J connectivity index is 1.35. The monoisotopic (exact) mass is 563 g/mol. The van der Waals surface area contributed by atoms with E-state index in [0.29, 0.717) is 45.2 Å². The highest BCUT2D eigenvalue weighted by atomic mass is 35.5. The molecule has 8 heteroatoms. The Hall–Kier alpha value is -3.45. The predicted molar refractivity (Wildman–Crippen MR) is 154 cm³/mol. The minimum atomic E-state index is -0.360. The average Bonchev–Trinajstić information content (AvgIpc) is 3.16. The van der Waals surface area contributed by atoms with Crippen LogP contribution in [0.1, 0.15) is 23.6 Å². The number of thioether (sulfide) groups is 1. The molecule has 0 bridgehead atoms. The molecule has 0 aromatic heterocycles. The average molecular weight is 564 g/mol. The van der Waals surface area contributed by atoms with Gasteiger partial charge in [0.25, 0.3) is 11.1 Å². The van der Waals surface area contributed by atoms with Gasteiger partial charge >= 0.3 is 0 Å². The van der Waals surface area contributed by atoms with E-state index in [1.54, 1.807) is 42.5 Å². The first-order valence-corrected chi connectivity index (χ1v) is 13.5. The first kappa shape index (κ1) is 26.2. The number of ether oxygens (including phenoxy) is 2. The zero-order valence-corrected chi connectivity index (χ0v) is 22.8. The third-order valence-corrected chi connectivity index (χ3v) is 7.39. The molecule has 2 amide bonds. The van der Waals surface area contributed by atoms with Gasteiger partial charge < -0.3 is 9.47 Å². The van der Waals surface area contributed by atoms with Gasteiger partial charge in [0.1, 0.15) is 6.61 Å². The van der Waals surface area contributed by atoms with Gasteiger partial charge in [0.15, 0.2) is 11.5 Å². The van der Waals surface area contributed by atoms with E-state index in [-0.39, 0.29) is 17.7 Å². The van der Waals surface area contributed by atoms with Crippen molar-refractivity contribution < 1.29 is 19.1 Å². The number of carbonyl (C=O) groups is 2. The normalized spacial score (nSPS) is 14.5. The van der Waals surface area contributed by atoms with Crippen LogP contribution in [0.3, 0.4) is 0 Å². The molecule has 1 heterocycles. The summed E-state index contributed by atoms with van der Waals surface area (Å²) in [5.41, 5.74) is 2.45. The van der Waals surface area contributed by atoms with E-state index in [4.69, 9.17) is 32.7 Å². The minimum absolute atomic E-state index is 0.172. The molecule has 0 unspecified atom stereocenters. The lowest BCUT2D eigenvalue weighted by molar-refractivity contribution is -0.123. The van der Waals surface area contributed by atoms with Crippen LogP contribution in [-0.4, -0.2) is 22.7 Å². The topological polar surface area (TPSA) is 55.8 Å². The number of carbonyl (C=O) groups excluding carboxylic acids is 2. The standard InChI is InChI=1S/C30H23Cl2NO4S/c1-2-36-26-15-21(16-27-29(34)33(30(35)38-27)17-19-8-11-24(31)12-9-19)14-25(32)28(26)37-18-20-7-10-22-5-3-4-6-23(22)13-20/h3-16H,2,17-18H2,1H3/b27-16-. The summed E-state index contributed by atoms with van der Waals surface area (Å²) in [5, 5.41) is 2.90. The van der Waals surface area contributed by atoms with Crippen LogP contribution in [0.15, 0.2) is 83.8 Å². The van der Waals surface area contributed by atoms with E-state index in [1.807, 2.05) is 25.1 Å². The highest BCUT2D eigenvalue weighted by Crippen LogP contribution is 2.40. The molecule has 4 aromatic rings. The molecule has 0 atom stereocenters. The molecule has 0 spiro atoms. The summed E-state index contributed by atoms with van der Waals surface area (Å²) >= 11 is 13.5. The van der Waals surface area contributed by atoms with E-state index in [9.17, 15) is 9.59 Å². The smallest absolute Gasteiger partial charge is 0.293 e. The molecule has 0 N–H and O–H groups in total. The Bertz CT molecular complexity index is 1550. The van der Waals surface area contributed by atoms with Gasteiger partial charge in [-0.2, -0.15) is 0 Å². The van der Waals surface area contributed by atoms with Crippen LogP contribution < -0.4 is 9.47 Å². The Morgan fingerprint density at radius 3 is 2.37 bits per heavy atom. The summed E-state index contributed by atoms with van der Waals surface area (Å²) in [6, 6.07) is 24.8. The fourth-order valence-electron chi connectivity index (χ4n) is 4.12. The molecule has 192 valence electrons. The van der Waals surface area contributed by atoms with Crippen LogP contribution in [-0.2, 0) is 17.9 Å². The van der Waals surface area contributed by atoms with E-state index in [2.05, 4.69) is 24.3 Å². The van der Waals surface area contributed by atoms with E-state index >= 15 is 0 Å². The number of nitrogens with zero attached hydrogens (tertiary/aromatic N) is 1. The third-order valence-electron chi connectivity index (χ3n) is 5.95. The van der Waals surface area contributed by atoms with E-state index in [1.165, 1.54) is 4.90 Å². The number of amides is 2. The van der Waals surface area contributed by atoms with E-state index in [0.717, 1.165) is 33.7 Å². The first-order valence-electron chi connectivity index (χ1n) is 12.0. The van der Waals surface area contributed by atoms with Gasteiger partial charge in [-0.15, -0.1) is 0 Å². The maximum atomic E-state index is 13.0. The lowest BCUT2D eigenvalue weighted by Crippen LogP contribution is -2.27. The highest BCUT2D eigenvalue weighted by molar-refractivity contribution is 8.18. The lowest BCUT2D eigenvalue weighted by Gasteiger charge is -2.15. The second kappa shape index (κ2) is 11.5. The van der Waals surface area contributed by atoms with Crippen molar-refractivity contribution >= 4 is 63.0 Å². The fourth-order valence-corrected chi connectivity index (χ4v) is 5.36. The van der Waals surface area contributed by atoms with E-state index < -0.39 is 0 Å². The summed E-state index contributed by atoms with van der Waals surface area (Å²) in [7, 11) is 0. The number of fused-ring (bicyclic) bond motifs is 1. The zero-order chi connectivity index (χ0) is 26.6. The summed E-state index contributed by atoms with van der Waals surface area (Å²) in [6.45, 7) is 2.76. The van der Waals surface area contributed by atoms with Crippen molar-refractivity contribution in [3.05, 3.63) is 111 Å². The van der Waals surface area contributed by atoms with Crippen molar-refractivity contribution in [1.29, 1.82) is 0 Å². The van der Waals surface area contributed by atoms with Crippen LogP contribution in [0.4, 0.5) is 4.79 Å². The summed E-state index contributed by atoms with van der Waals surface area (Å²) < 4.78 is 11.9. The molecule has 1 aliphatic heterocycles. The van der Waals surface area contributed by atoms with Gasteiger partial charge in [0.2, 0.25) is 0 Å². The Labute approximate surface area is 234 Å². The Morgan fingerprint density at radius 1 is 0.868 bits per heavy atom. The molecular weight excluding hydrogens is 541 g/mol. The molecule has 0 saturated carbocycles. The fraction of sp³-hybridized carbons (Fsp3) is 0.133. The molecule has 0 aliphatic carbocycles. The van der Waals surface area contributed by atoms with Gasteiger partial charge in [0.05, 0.1) is 23.1 Å². The number of rotatable bonds is 8. The maximum absolute atomic E-state index is 13.0. The largest absolute Gasteiger partial charge is 0.490 e. The molecule has 4 aromatic carbocycles. The molecule has 5 rings (SSSR count). The number of hydrogen-bond donors (Lipinski definition) is 0. The summed E-state index contributed by atoms with van der Waals surface area (Å²) in [6.07, 6.45) is 1.65. The number of benzene rings is 4. The van der Waals surface area contributed by atoms with Crippen LogP contribution in [0.5, 0.6) is 11.5 Å². The number of hydrogen-bond acceptors (Lipinski definition) is 5. The molecule has 1 fully saturated rings. The predicted octanol–water partition coefficient (Wildman–Crippen LogP) is 8.36. The number of halogens is 2. The van der Waals surface area contributed by atoms with Gasteiger partial charge in [-0.1, -0.05) is 71.7 Å². The quantitative estimate of drug-likeness (QED) is 0.201. The van der Waals surface area contributed by atoms with Crippen LogP contribution in [0, 0.1) is 0 Å².